The van der Waals surface area contributed by atoms with E-state index >= 15 is 0 Å². The van der Waals surface area contributed by atoms with Crippen molar-refractivity contribution >= 4 is 17.5 Å². The number of rotatable bonds is 2. The van der Waals surface area contributed by atoms with Crippen LogP contribution in [0.15, 0.2) is 0 Å². The van der Waals surface area contributed by atoms with E-state index in [1.165, 1.54) is 19.3 Å². The van der Waals surface area contributed by atoms with Crippen LogP contribution in [-0.2, 0) is 4.79 Å². The van der Waals surface area contributed by atoms with Crippen molar-refractivity contribution < 1.29 is 4.79 Å². The molecule has 4 atom stereocenters. The average Bonchev–Trinajstić information content (AvgIpc) is 2.90. The molecule has 1 heterocycles. The molecule has 0 aromatic rings. The molecular weight excluding hydrogens is 210 g/mol. The Kier molecular flexibility index (Phi) is 2.42. The van der Waals surface area contributed by atoms with E-state index in [0.29, 0.717) is 12.3 Å². The molecule has 2 aliphatic carbocycles. The Hall–Kier alpha value is -0.240. The summed E-state index contributed by atoms with van der Waals surface area (Å²) in [5, 5.41) is 0. The number of carbonyl (C=O) groups excluding carboxylic acids is 1. The minimum absolute atomic E-state index is 0.277. The van der Waals surface area contributed by atoms with E-state index < -0.39 is 0 Å². The molecule has 0 N–H and O–H groups in total. The number of hydrogen-bond acceptors (Lipinski definition) is 1. The number of hydrogen-bond donors (Lipinski definition) is 0. The Morgan fingerprint density at radius 1 is 1.20 bits per heavy atom. The Labute approximate surface area is 96.0 Å². The smallest absolute Gasteiger partial charge is 0.223 e. The summed E-state index contributed by atoms with van der Waals surface area (Å²) in [4.78, 5) is 13.8. The van der Waals surface area contributed by atoms with E-state index in [-0.39, 0.29) is 5.91 Å². The fourth-order valence-corrected chi connectivity index (χ4v) is 4.29. The van der Waals surface area contributed by atoms with E-state index in [0.717, 1.165) is 36.8 Å². The Balaban J connectivity index is 1.66. The zero-order valence-corrected chi connectivity index (χ0v) is 9.75. The number of likely N-dealkylation sites (tertiary alicyclic amines) is 1. The lowest BCUT2D eigenvalue weighted by atomic mass is 9.82. The second-order valence-corrected chi connectivity index (χ2v) is 5.78. The van der Waals surface area contributed by atoms with Gasteiger partial charge in [0.05, 0.1) is 0 Å². The summed E-state index contributed by atoms with van der Waals surface area (Å²) in [5.41, 5.74) is 0. The molecule has 1 aliphatic heterocycles. The van der Waals surface area contributed by atoms with Gasteiger partial charge in [-0.2, -0.15) is 0 Å². The summed E-state index contributed by atoms with van der Waals surface area (Å²) < 4.78 is 0. The van der Waals surface area contributed by atoms with Crippen molar-refractivity contribution in [3.63, 3.8) is 0 Å². The molecule has 3 aliphatic rings. The lowest BCUT2D eigenvalue weighted by Crippen LogP contribution is -2.30. The van der Waals surface area contributed by atoms with Crippen LogP contribution in [-0.4, -0.2) is 29.8 Å². The van der Waals surface area contributed by atoms with Crippen LogP contribution >= 0.6 is 11.6 Å². The van der Waals surface area contributed by atoms with Crippen molar-refractivity contribution in [3.8, 4) is 0 Å². The molecular formula is C12H18ClNO. The first-order valence-corrected chi connectivity index (χ1v) is 6.67. The fourth-order valence-electron chi connectivity index (χ4n) is 4.12. The van der Waals surface area contributed by atoms with Crippen molar-refractivity contribution in [2.24, 2.45) is 23.7 Å². The van der Waals surface area contributed by atoms with Crippen LogP contribution in [0.1, 0.15) is 25.7 Å². The zero-order valence-electron chi connectivity index (χ0n) is 8.99. The number of alkyl halides is 1. The first kappa shape index (κ1) is 9.95. The SMILES string of the molecule is O=C(CCCl)N1C[C@@H]2C3CCC(C3)[C@@H]2C1. The van der Waals surface area contributed by atoms with Gasteiger partial charge in [0.2, 0.25) is 5.91 Å². The highest BCUT2D eigenvalue weighted by molar-refractivity contribution is 6.18. The van der Waals surface area contributed by atoms with Crippen LogP contribution in [0.2, 0.25) is 0 Å². The van der Waals surface area contributed by atoms with Crippen LogP contribution < -0.4 is 0 Å². The molecule has 15 heavy (non-hydrogen) atoms. The summed E-state index contributed by atoms with van der Waals surface area (Å²) in [6.45, 7) is 2.06. The summed E-state index contributed by atoms with van der Waals surface area (Å²) >= 11 is 5.62. The van der Waals surface area contributed by atoms with E-state index in [1.807, 2.05) is 0 Å². The van der Waals surface area contributed by atoms with E-state index in [2.05, 4.69) is 4.90 Å². The predicted octanol–water partition coefficient (Wildman–Crippen LogP) is 2.12. The standard InChI is InChI=1S/C12H18ClNO/c13-4-3-12(15)14-6-10-8-1-2-9(5-8)11(10)7-14/h8-11H,1-7H2/t8?,9?,10-,11+. The molecule has 1 saturated heterocycles. The topological polar surface area (TPSA) is 20.3 Å². The maximum atomic E-state index is 11.8. The van der Waals surface area contributed by atoms with Gasteiger partial charge in [0, 0.05) is 25.4 Å². The maximum Gasteiger partial charge on any atom is 0.223 e. The minimum Gasteiger partial charge on any atom is -0.342 e. The summed E-state index contributed by atoms with van der Waals surface area (Å²) in [6.07, 6.45) is 4.82. The van der Waals surface area contributed by atoms with E-state index in [4.69, 9.17) is 11.6 Å². The molecule has 0 aromatic heterocycles. The van der Waals surface area contributed by atoms with Gasteiger partial charge in [-0.15, -0.1) is 11.6 Å². The van der Waals surface area contributed by atoms with Crippen LogP contribution in [0, 0.1) is 23.7 Å². The fraction of sp³-hybridized carbons (Fsp3) is 0.917. The van der Waals surface area contributed by atoms with Crippen molar-refractivity contribution in [3.05, 3.63) is 0 Å². The van der Waals surface area contributed by atoms with Gasteiger partial charge in [0.25, 0.3) is 0 Å². The Morgan fingerprint density at radius 2 is 1.80 bits per heavy atom. The number of halogens is 1. The molecule has 2 nitrogen and oxygen atoms in total. The van der Waals surface area contributed by atoms with E-state index in [1.54, 1.807) is 0 Å². The summed E-state index contributed by atoms with van der Waals surface area (Å²) in [7, 11) is 0. The van der Waals surface area contributed by atoms with Crippen molar-refractivity contribution in [1.82, 2.24) is 4.90 Å². The lowest BCUT2D eigenvalue weighted by molar-refractivity contribution is -0.130. The third kappa shape index (κ3) is 1.49. The summed E-state index contributed by atoms with van der Waals surface area (Å²) in [5.74, 6) is 4.30. The van der Waals surface area contributed by atoms with Crippen LogP contribution in [0.3, 0.4) is 0 Å². The van der Waals surface area contributed by atoms with Gasteiger partial charge >= 0.3 is 0 Å². The van der Waals surface area contributed by atoms with Crippen molar-refractivity contribution in [1.29, 1.82) is 0 Å². The highest BCUT2D eigenvalue weighted by atomic mass is 35.5. The van der Waals surface area contributed by atoms with E-state index in [9.17, 15) is 4.79 Å². The second-order valence-electron chi connectivity index (χ2n) is 5.40. The number of carbonyl (C=O) groups is 1. The molecule has 2 saturated carbocycles. The van der Waals surface area contributed by atoms with Crippen LogP contribution in [0.4, 0.5) is 0 Å². The Bertz CT molecular complexity index is 263. The molecule has 84 valence electrons. The average molecular weight is 228 g/mol. The molecule has 2 bridgehead atoms. The zero-order chi connectivity index (χ0) is 10.4. The molecule has 3 heteroatoms. The van der Waals surface area contributed by atoms with Crippen LogP contribution in [0.5, 0.6) is 0 Å². The van der Waals surface area contributed by atoms with Gasteiger partial charge in [0.15, 0.2) is 0 Å². The molecule has 0 aromatic carbocycles. The molecule has 3 rings (SSSR count). The van der Waals surface area contributed by atoms with Gasteiger partial charge in [-0.1, -0.05) is 0 Å². The molecule has 0 radical (unpaired) electrons. The summed E-state index contributed by atoms with van der Waals surface area (Å²) in [6, 6.07) is 0. The number of nitrogens with zero attached hydrogens (tertiary/aromatic N) is 1. The normalized spacial score (nSPS) is 42.3. The van der Waals surface area contributed by atoms with Gasteiger partial charge in [-0.05, 0) is 42.9 Å². The molecule has 1 amide bonds. The third-order valence-electron chi connectivity index (χ3n) is 4.80. The van der Waals surface area contributed by atoms with Gasteiger partial charge in [0.1, 0.15) is 0 Å². The maximum absolute atomic E-state index is 11.8. The van der Waals surface area contributed by atoms with Crippen molar-refractivity contribution in [2.45, 2.75) is 25.7 Å². The highest BCUT2D eigenvalue weighted by Crippen LogP contribution is 2.55. The second kappa shape index (κ2) is 3.65. The van der Waals surface area contributed by atoms with Crippen LogP contribution in [0.25, 0.3) is 0 Å². The quantitative estimate of drug-likeness (QED) is 0.662. The van der Waals surface area contributed by atoms with Crippen molar-refractivity contribution in [2.75, 3.05) is 19.0 Å². The highest BCUT2D eigenvalue weighted by Gasteiger charge is 2.52. The molecule has 0 spiro atoms. The van der Waals surface area contributed by atoms with Gasteiger partial charge in [-0.25, -0.2) is 0 Å². The predicted molar refractivity (Wildman–Crippen MR) is 59.7 cm³/mol. The largest absolute Gasteiger partial charge is 0.342 e. The third-order valence-corrected chi connectivity index (χ3v) is 4.99. The molecule has 3 fully saturated rings. The minimum atomic E-state index is 0.277. The lowest BCUT2D eigenvalue weighted by Gasteiger charge is -2.22. The first-order chi connectivity index (χ1) is 7.29. The Morgan fingerprint density at radius 3 is 2.33 bits per heavy atom. The van der Waals surface area contributed by atoms with Gasteiger partial charge in [-0.3, -0.25) is 4.79 Å². The molecule has 2 unspecified atom stereocenters. The number of fused-ring (bicyclic) bond motifs is 5. The van der Waals surface area contributed by atoms with Gasteiger partial charge < -0.3 is 4.90 Å². The number of amides is 1. The first-order valence-electron chi connectivity index (χ1n) is 6.13. The monoisotopic (exact) mass is 227 g/mol.